The maximum atomic E-state index is 13.0. The van der Waals surface area contributed by atoms with Crippen LogP contribution in [-0.2, 0) is 4.79 Å². The number of thiocarbonyl (C=S) groups is 1. The van der Waals surface area contributed by atoms with Gasteiger partial charge in [-0.1, -0.05) is 6.92 Å². The van der Waals surface area contributed by atoms with Crippen LogP contribution in [-0.4, -0.2) is 67.8 Å². The Morgan fingerprint density at radius 3 is 1.97 bits per heavy atom. The Balaban J connectivity index is 1.60. The number of nitrogens with one attached hydrogen (secondary N) is 2. The van der Waals surface area contributed by atoms with Crippen LogP contribution >= 0.6 is 12.2 Å². The number of carbonyl (C=O) groups is 2. The maximum Gasteiger partial charge on any atom is 0.257 e. The summed E-state index contributed by atoms with van der Waals surface area (Å²) in [6, 6.07) is 11.1. The molecule has 0 bridgehead atoms. The third-order valence-electron chi connectivity index (χ3n) is 5.98. The molecule has 1 fully saturated rings. The molecule has 2 aromatic rings. The van der Waals surface area contributed by atoms with E-state index in [9.17, 15) is 9.59 Å². The smallest absolute Gasteiger partial charge is 0.257 e. The van der Waals surface area contributed by atoms with E-state index in [-0.39, 0.29) is 16.9 Å². The van der Waals surface area contributed by atoms with E-state index in [1.54, 1.807) is 12.1 Å². The Morgan fingerprint density at radius 2 is 1.45 bits per heavy atom. The van der Waals surface area contributed by atoms with Crippen molar-refractivity contribution in [2.75, 3.05) is 56.2 Å². The van der Waals surface area contributed by atoms with Crippen LogP contribution < -0.4 is 29.7 Å². The molecule has 1 aliphatic rings. The first kappa shape index (κ1) is 29.0. The molecule has 0 radical (unpaired) electrons. The topological polar surface area (TPSA) is 92.4 Å². The highest BCUT2D eigenvalue weighted by Gasteiger charge is 2.21. The Labute approximate surface area is 230 Å². The fraction of sp³-hybridized carbons (Fsp3) is 0.464. The molecular formula is C28H38N4O5S. The zero-order chi connectivity index (χ0) is 27.5. The van der Waals surface area contributed by atoms with Gasteiger partial charge in [0.2, 0.25) is 11.7 Å². The number of hydrogen-bond donors (Lipinski definition) is 2. The van der Waals surface area contributed by atoms with Crippen molar-refractivity contribution >= 4 is 40.5 Å². The van der Waals surface area contributed by atoms with Gasteiger partial charge in [-0.25, -0.2) is 0 Å². The molecule has 1 saturated heterocycles. The number of benzene rings is 2. The van der Waals surface area contributed by atoms with E-state index in [0.29, 0.717) is 49.1 Å². The van der Waals surface area contributed by atoms with Crippen LogP contribution in [0.3, 0.4) is 0 Å². The van der Waals surface area contributed by atoms with Crippen molar-refractivity contribution in [3.8, 4) is 17.2 Å². The Kier molecular flexibility index (Phi) is 11.0. The maximum absolute atomic E-state index is 13.0. The predicted molar refractivity (Wildman–Crippen MR) is 154 cm³/mol. The first-order valence-corrected chi connectivity index (χ1v) is 13.6. The standard InChI is InChI=1S/C28H38N4O5S/c1-5-9-25(33)32-16-14-31(15-17-32)22-12-10-21(11-13-22)29-28(38)30-27(34)20-18-23(35-6-2)26(37-8-4)24(19-20)36-7-3/h10-13,18-19H,5-9,14-17H2,1-4H3,(H2,29,30,34,38). The van der Waals surface area contributed by atoms with E-state index in [0.717, 1.165) is 44.0 Å². The molecule has 0 aliphatic carbocycles. The number of anilines is 2. The van der Waals surface area contributed by atoms with Gasteiger partial charge in [0.05, 0.1) is 19.8 Å². The van der Waals surface area contributed by atoms with Gasteiger partial charge in [0.25, 0.3) is 5.91 Å². The van der Waals surface area contributed by atoms with Crippen molar-refractivity contribution in [2.24, 2.45) is 0 Å². The molecule has 2 N–H and O–H groups in total. The Bertz CT molecular complexity index is 1070. The van der Waals surface area contributed by atoms with Crippen LogP contribution in [0.15, 0.2) is 36.4 Å². The van der Waals surface area contributed by atoms with Crippen LogP contribution in [0.2, 0.25) is 0 Å². The fourth-order valence-electron chi connectivity index (χ4n) is 4.20. The van der Waals surface area contributed by atoms with Crippen molar-refractivity contribution in [3.63, 3.8) is 0 Å². The SMILES string of the molecule is CCCC(=O)N1CCN(c2ccc(NC(=S)NC(=O)c3cc(OCC)c(OCC)c(OCC)c3)cc2)CC1. The zero-order valence-electron chi connectivity index (χ0n) is 22.7. The van der Waals surface area contributed by atoms with Crippen molar-refractivity contribution in [3.05, 3.63) is 42.0 Å². The second kappa shape index (κ2) is 14.4. The van der Waals surface area contributed by atoms with Gasteiger partial charge in [-0.2, -0.15) is 0 Å². The zero-order valence-corrected chi connectivity index (χ0v) is 23.5. The summed E-state index contributed by atoms with van der Waals surface area (Å²) in [6.07, 6.45) is 1.48. The minimum Gasteiger partial charge on any atom is -0.490 e. The van der Waals surface area contributed by atoms with E-state index >= 15 is 0 Å². The number of amides is 2. The van der Waals surface area contributed by atoms with Gasteiger partial charge in [0.15, 0.2) is 16.6 Å². The summed E-state index contributed by atoms with van der Waals surface area (Å²) in [6.45, 7) is 12.0. The molecular weight excluding hydrogens is 504 g/mol. The van der Waals surface area contributed by atoms with Gasteiger partial charge < -0.3 is 29.3 Å². The van der Waals surface area contributed by atoms with Crippen LogP contribution in [0.1, 0.15) is 50.9 Å². The molecule has 0 atom stereocenters. The van der Waals surface area contributed by atoms with Crippen LogP contribution in [0, 0.1) is 0 Å². The van der Waals surface area contributed by atoms with Crippen molar-refractivity contribution < 1.29 is 23.8 Å². The molecule has 206 valence electrons. The number of rotatable bonds is 11. The molecule has 2 aromatic carbocycles. The fourth-order valence-corrected chi connectivity index (χ4v) is 4.41. The first-order chi connectivity index (χ1) is 18.4. The number of ether oxygens (including phenoxy) is 3. The van der Waals surface area contributed by atoms with E-state index in [4.69, 9.17) is 26.4 Å². The number of carbonyl (C=O) groups excluding carboxylic acids is 2. The van der Waals surface area contributed by atoms with Gasteiger partial charge in [-0.3, -0.25) is 14.9 Å². The summed E-state index contributed by atoms with van der Waals surface area (Å²) in [5.74, 6) is 1.20. The highest BCUT2D eigenvalue weighted by atomic mass is 32.1. The average Bonchev–Trinajstić information content (AvgIpc) is 2.91. The van der Waals surface area contributed by atoms with E-state index in [2.05, 4.69) is 15.5 Å². The molecule has 3 rings (SSSR count). The second-order valence-electron chi connectivity index (χ2n) is 8.67. The molecule has 0 unspecified atom stereocenters. The molecule has 2 amide bonds. The Morgan fingerprint density at radius 1 is 0.868 bits per heavy atom. The lowest BCUT2D eigenvalue weighted by Gasteiger charge is -2.36. The lowest BCUT2D eigenvalue weighted by molar-refractivity contribution is -0.131. The van der Waals surface area contributed by atoms with Gasteiger partial charge >= 0.3 is 0 Å². The second-order valence-corrected chi connectivity index (χ2v) is 9.08. The van der Waals surface area contributed by atoms with E-state index in [1.807, 2.05) is 56.9 Å². The van der Waals surface area contributed by atoms with E-state index < -0.39 is 0 Å². The van der Waals surface area contributed by atoms with Crippen LogP contribution in [0.4, 0.5) is 11.4 Å². The minimum atomic E-state index is -0.389. The summed E-state index contributed by atoms with van der Waals surface area (Å²) in [7, 11) is 0. The Hall–Kier alpha value is -3.53. The molecule has 9 nitrogen and oxygen atoms in total. The molecule has 10 heteroatoms. The normalized spacial score (nSPS) is 13.1. The molecule has 1 heterocycles. The minimum absolute atomic E-state index is 0.176. The summed E-state index contributed by atoms with van der Waals surface area (Å²) >= 11 is 5.39. The van der Waals surface area contributed by atoms with Crippen molar-refractivity contribution in [2.45, 2.75) is 40.5 Å². The van der Waals surface area contributed by atoms with Crippen LogP contribution in [0.5, 0.6) is 17.2 Å². The monoisotopic (exact) mass is 542 g/mol. The average molecular weight is 543 g/mol. The lowest BCUT2D eigenvalue weighted by Crippen LogP contribution is -2.48. The van der Waals surface area contributed by atoms with Gasteiger partial charge in [-0.15, -0.1) is 0 Å². The largest absolute Gasteiger partial charge is 0.490 e. The van der Waals surface area contributed by atoms with Crippen molar-refractivity contribution in [1.82, 2.24) is 10.2 Å². The van der Waals surface area contributed by atoms with Gasteiger partial charge in [-0.05, 0) is 75.8 Å². The number of nitrogens with zero attached hydrogens (tertiary/aromatic N) is 2. The lowest BCUT2D eigenvalue weighted by atomic mass is 10.1. The molecule has 0 aromatic heterocycles. The third kappa shape index (κ3) is 7.74. The quantitative estimate of drug-likeness (QED) is 0.402. The summed E-state index contributed by atoms with van der Waals surface area (Å²) in [5, 5.41) is 5.96. The first-order valence-electron chi connectivity index (χ1n) is 13.2. The number of piperazine rings is 1. The molecule has 1 aliphatic heterocycles. The predicted octanol–water partition coefficient (Wildman–Crippen LogP) is 4.46. The van der Waals surface area contributed by atoms with Gasteiger partial charge in [0, 0.05) is 49.5 Å². The van der Waals surface area contributed by atoms with E-state index in [1.165, 1.54) is 0 Å². The van der Waals surface area contributed by atoms with Crippen LogP contribution in [0.25, 0.3) is 0 Å². The molecule has 0 spiro atoms. The third-order valence-corrected chi connectivity index (χ3v) is 6.19. The highest BCUT2D eigenvalue weighted by Crippen LogP contribution is 2.39. The summed E-state index contributed by atoms with van der Waals surface area (Å²) in [5.41, 5.74) is 2.18. The number of hydrogen-bond acceptors (Lipinski definition) is 7. The molecule has 38 heavy (non-hydrogen) atoms. The molecule has 0 saturated carbocycles. The van der Waals surface area contributed by atoms with Crippen molar-refractivity contribution in [1.29, 1.82) is 0 Å². The van der Waals surface area contributed by atoms with Gasteiger partial charge in [0.1, 0.15) is 0 Å². The highest BCUT2D eigenvalue weighted by molar-refractivity contribution is 7.80. The summed E-state index contributed by atoms with van der Waals surface area (Å²) in [4.78, 5) is 29.3. The summed E-state index contributed by atoms with van der Waals surface area (Å²) < 4.78 is 17.1.